The zero-order chi connectivity index (χ0) is 28.6. The third-order valence-electron chi connectivity index (χ3n) is 7.35. The Morgan fingerprint density at radius 3 is 0.810 bits per heavy atom. The van der Waals surface area contributed by atoms with Crippen molar-refractivity contribution in [1.29, 1.82) is 0 Å². The molecule has 6 aromatic rings. The molecular formula is C39H35N3. The Hall–Kier alpha value is -5.12. The summed E-state index contributed by atoms with van der Waals surface area (Å²) in [5.74, 6) is 0. The van der Waals surface area contributed by atoms with Crippen LogP contribution in [-0.2, 0) is 13.1 Å². The van der Waals surface area contributed by atoms with E-state index in [9.17, 15) is 0 Å². The first kappa shape index (κ1) is 27.1. The van der Waals surface area contributed by atoms with Crippen molar-refractivity contribution in [1.82, 2.24) is 4.90 Å². The van der Waals surface area contributed by atoms with Crippen LogP contribution in [-0.4, -0.2) is 11.9 Å². The van der Waals surface area contributed by atoms with Gasteiger partial charge >= 0.3 is 0 Å². The summed E-state index contributed by atoms with van der Waals surface area (Å²) in [6.07, 6.45) is 0. The lowest BCUT2D eigenvalue weighted by atomic mass is 10.1. The number of hydrogen-bond donors (Lipinski definition) is 0. The van der Waals surface area contributed by atoms with Crippen molar-refractivity contribution >= 4 is 34.1 Å². The molecule has 0 saturated heterocycles. The molecule has 0 heterocycles. The van der Waals surface area contributed by atoms with Crippen molar-refractivity contribution in [2.24, 2.45) is 0 Å². The molecule has 0 amide bonds. The standard InChI is InChI=1S/C39H35N3/c1-40(30-32-22-26-38(27-23-32)41(34-14-6-2-7-15-34)35-16-8-3-9-17-35)31-33-24-28-39(29-25-33)42(36-18-10-4-11-19-36)37-20-12-5-13-21-37/h2-29H,30-31H2,1H3. The minimum absolute atomic E-state index is 0.874. The molecule has 0 bridgehead atoms. The van der Waals surface area contributed by atoms with Crippen molar-refractivity contribution < 1.29 is 0 Å². The van der Waals surface area contributed by atoms with Crippen LogP contribution in [0.5, 0.6) is 0 Å². The summed E-state index contributed by atoms with van der Waals surface area (Å²) in [5.41, 5.74) is 9.47. The molecule has 0 radical (unpaired) electrons. The lowest BCUT2D eigenvalue weighted by molar-refractivity contribution is 0.319. The van der Waals surface area contributed by atoms with Crippen LogP contribution in [0.3, 0.4) is 0 Å². The van der Waals surface area contributed by atoms with Gasteiger partial charge in [-0.2, -0.15) is 0 Å². The van der Waals surface area contributed by atoms with Gasteiger partial charge in [-0.25, -0.2) is 0 Å². The Morgan fingerprint density at radius 1 is 0.310 bits per heavy atom. The molecule has 3 nitrogen and oxygen atoms in total. The fourth-order valence-corrected chi connectivity index (χ4v) is 5.38. The zero-order valence-corrected chi connectivity index (χ0v) is 23.9. The van der Waals surface area contributed by atoms with Gasteiger partial charge in [-0.05, 0) is 91.0 Å². The van der Waals surface area contributed by atoms with Gasteiger partial charge in [0.15, 0.2) is 0 Å². The van der Waals surface area contributed by atoms with Gasteiger partial charge in [0.25, 0.3) is 0 Å². The first-order valence-electron chi connectivity index (χ1n) is 14.4. The van der Waals surface area contributed by atoms with E-state index in [2.05, 4.69) is 192 Å². The largest absolute Gasteiger partial charge is 0.311 e. The van der Waals surface area contributed by atoms with Crippen LogP contribution in [0.15, 0.2) is 170 Å². The highest BCUT2D eigenvalue weighted by Crippen LogP contribution is 2.35. The van der Waals surface area contributed by atoms with E-state index in [0.29, 0.717) is 0 Å². The van der Waals surface area contributed by atoms with Crippen LogP contribution in [0.1, 0.15) is 11.1 Å². The quantitative estimate of drug-likeness (QED) is 0.170. The smallest absolute Gasteiger partial charge is 0.0461 e. The number of benzene rings is 6. The van der Waals surface area contributed by atoms with Crippen LogP contribution in [0.2, 0.25) is 0 Å². The van der Waals surface area contributed by atoms with Gasteiger partial charge in [-0.1, -0.05) is 97.1 Å². The second-order valence-corrected chi connectivity index (χ2v) is 10.5. The monoisotopic (exact) mass is 545 g/mol. The van der Waals surface area contributed by atoms with Gasteiger partial charge in [-0.15, -0.1) is 0 Å². The molecule has 0 atom stereocenters. The number of hydrogen-bond acceptors (Lipinski definition) is 3. The normalized spacial score (nSPS) is 10.9. The summed E-state index contributed by atoms with van der Waals surface area (Å²) >= 11 is 0. The van der Waals surface area contributed by atoms with Gasteiger partial charge in [0.1, 0.15) is 0 Å². The first-order chi connectivity index (χ1) is 20.7. The fraction of sp³-hybridized carbons (Fsp3) is 0.0769. The molecule has 0 unspecified atom stereocenters. The predicted molar refractivity (Wildman–Crippen MR) is 177 cm³/mol. The minimum atomic E-state index is 0.874. The first-order valence-corrected chi connectivity index (χ1v) is 14.4. The molecule has 6 aromatic carbocycles. The third-order valence-corrected chi connectivity index (χ3v) is 7.35. The van der Waals surface area contributed by atoms with Crippen molar-refractivity contribution in [2.45, 2.75) is 13.1 Å². The Bertz CT molecular complexity index is 1440. The van der Waals surface area contributed by atoms with E-state index < -0.39 is 0 Å². The number of rotatable bonds is 10. The average Bonchev–Trinajstić information content (AvgIpc) is 3.05. The van der Waals surface area contributed by atoms with Crippen molar-refractivity contribution in [3.8, 4) is 0 Å². The van der Waals surface area contributed by atoms with Gasteiger partial charge in [-0.3, -0.25) is 4.90 Å². The number of anilines is 6. The van der Waals surface area contributed by atoms with E-state index in [0.717, 1.165) is 47.2 Å². The van der Waals surface area contributed by atoms with Crippen LogP contribution in [0, 0.1) is 0 Å². The second-order valence-electron chi connectivity index (χ2n) is 10.5. The minimum Gasteiger partial charge on any atom is -0.311 e. The van der Waals surface area contributed by atoms with Crippen LogP contribution < -0.4 is 9.80 Å². The fourth-order valence-electron chi connectivity index (χ4n) is 5.38. The third kappa shape index (κ3) is 6.43. The van der Waals surface area contributed by atoms with Gasteiger partial charge in [0.05, 0.1) is 0 Å². The van der Waals surface area contributed by atoms with E-state index in [-0.39, 0.29) is 0 Å². The Labute approximate surface area is 249 Å². The molecule has 206 valence electrons. The van der Waals surface area contributed by atoms with E-state index in [1.165, 1.54) is 11.1 Å². The van der Waals surface area contributed by atoms with Crippen LogP contribution in [0.25, 0.3) is 0 Å². The zero-order valence-electron chi connectivity index (χ0n) is 23.9. The van der Waals surface area contributed by atoms with E-state index in [1.54, 1.807) is 0 Å². The highest BCUT2D eigenvalue weighted by atomic mass is 15.1. The van der Waals surface area contributed by atoms with Crippen LogP contribution in [0.4, 0.5) is 34.1 Å². The average molecular weight is 546 g/mol. The van der Waals surface area contributed by atoms with Crippen molar-refractivity contribution in [3.63, 3.8) is 0 Å². The molecule has 0 N–H and O–H groups in total. The lowest BCUT2D eigenvalue weighted by Crippen LogP contribution is -2.17. The predicted octanol–water partition coefficient (Wildman–Crippen LogP) is 10.3. The molecule has 0 saturated carbocycles. The molecule has 0 fully saturated rings. The van der Waals surface area contributed by atoms with Crippen molar-refractivity contribution in [3.05, 3.63) is 181 Å². The summed E-state index contributed by atoms with van der Waals surface area (Å²) in [7, 11) is 2.18. The lowest BCUT2D eigenvalue weighted by Gasteiger charge is -2.26. The maximum atomic E-state index is 2.36. The molecule has 0 aliphatic heterocycles. The summed E-state index contributed by atoms with van der Waals surface area (Å²) in [6, 6.07) is 60.0. The SMILES string of the molecule is CN(Cc1ccc(N(c2ccccc2)c2ccccc2)cc1)Cc1ccc(N(c2ccccc2)c2ccccc2)cc1. The van der Waals surface area contributed by atoms with Crippen molar-refractivity contribution in [2.75, 3.05) is 16.8 Å². The summed E-state index contributed by atoms with van der Waals surface area (Å²) in [4.78, 5) is 6.95. The molecule has 0 aliphatic carbocycles. The summed E-state index contributed by atoms with van der Waals surface area (Å²) in [6.45, 7) is 1.75. The van der Waals surface area contributed by atoms with E-state index >= 15 is 0 Å². The second kappa shape index (κ2) is 13.0. The molecular weight excluding hydrogens is 510 g/mol. The van der Waals surface area contributed by atoms with Gasteiger partial charge in [0, 0.05) is 47.2 Å². The molecule has 42 heavy (non-hydrogen) atoms. The molecule has 6 rings (SSSR count). The van der Waals surface area contributed by atoms with E-state index in [1.807, 2.05) is 0 Å². The highest BCUT2D eigenvalue weighted by molar-refractivity contribution is 5.77. The molecule has 0 aliphatic rings. The Morgan fingerprint density at radius 2 is 0.548 bits per heavy atom. The molecule has 0 spiro atoms. The summed E-state index contributed by atoms with van der Waals surface area (Å²) < 4.78 is 0. The van der Waals surface area contributed by atoms with Crippen LogP contribution >= 0.6 is 0 Å². The maximum Gasteiger partial charge on any atom is 0.0461 e. The van der Waals surface area contributed by atoms with Gasteiger partial charge < -0.3 is 9.80 Å². The van der Waals surface area contributed by atoms with Gasteiger partial charge in [0.2, 0.25) is 0 Å². The number of nitrogens with zero attached hydrogens (tertiary/aromatic N) is 3. The maximum absolute atomic E-state index is 2.36. The Balaban J connectivity index is 1.15. The topological polar surface area (TPSA) is 9.72 Å². The van der Waals surface area contributed by atoms with E-state index in [4.69, 9.17) is 0 Å². The summed E-state index contributed by atoms with van der Waals surface area (Å²) in [5, 5.41) is 0. The highest BCUT2D eigenvalue weighted by Gasteiger charge is 2.13. The molecule has 3 heteroatoms. The molecule has 0 aromatic heterocycles. The Kier molecular flexibility index (Phi) is 8.40. The number of para-hydroxylation sites is 4.